The topological polar surface area (TPSA) is 26.0 Å². The van der Waals surface area contributed by atoms with Gasteiger partial charge in [0.2, 0.25) is 0 Å². The normalized spacial score (nSPS) is 9.00. The summed E-state index contributed by atoms with van der Waals surface area (Å²) in [6, 6.07) is 0. The van der Waals surface area contributed by atoms with Gasteiger partial charge in [0.05, 0.1) is 0 Å². The summed E-state index contributed by atoms with van der Waals surface area (Å²) in [5.41, 5.74) is 8.18. The van der Waals surface area contributed by atoms with Crippen LogP contribution in [0.4, 0.5) is 0 Å². The summed E-state index contributed by atoms with van der Waals surface area (Å²) in [4.78, 5) is 0. The van der Waals surface area contributed by atoms with Gasteiger partial charge in [0.1, 0.15) is 0 Å². The van der Waals surface area contributed by atoms with Crippen molar-refractivity contribution in [2.75, 3.05) is 6.54 Å². The molecule has 0 aliphatic rings. The van der Waals surface area contributed by atoms with Gasteiger partial charge in [-0.1, -0.05) is 18.1 Å². The molecule has 0 aromatic carbocycles. The van der Waals surface area contributed by atoms with Crippen molar-refractivity contribution >= 4 is 0 Å². The monoisotopic (exact) mass is 113 g/mol. The molecule has 0 aliphatic carbocycles. The van der Waals surface area contributed by atoms with Crippen molar-refractivity contribution < 1.29 is 0 Å². The molecule has 0 radical (unpaired) electrons. The van der Waals surface area contributed by atoms with Gasteiger partial charge >= 0.3 is 0 Å². The van der Waals surface area contributed by atoms with E-state index in [1.807, 2.05) is 0 Å². The van der Waals surface area contributed by atoms with E-state index >= 15 is 0 Å². The van der Waals surface area contributed by atoms with Gasteiger partial charge in [-0.25, -0.2) is 0 Å². The van der Waals surface area contributed by atoms with E-state index in [4.69, 9.17) is 5.73 Å². The number of hydrogen-bond acceptors (Lipinski definition) is 1. The van der Waals surface area contributed by atoms with Crippen LogP contribution in [0.15, 0.2) is 11.1 Å². The van der Waals surface area contributed by atoms with E-state index in [2.05, 4.69) is 20.8 Å². The first-order chi connectivity index (χ1) is 3.72. The minimum absolute atomic E-state index is 0.721. The molecule has 48 valence electrons. The maximum Gasteiger partial charge on any atom is 0.0139 e. The Hall–Kier alpha value is -0.300. The maximum atomic E-state index is 5.43. The predicted molar refractivity (Wildman–Crippen MR) is 37.7 cm³/mol. The Morgan fingerprint density at radius 2 is 1.88 bits per heavy atom. The number of nitrogens with two attached hydrogens (primary N) is 1. The largest absolute Gasteiger partial charge is 0.327 e. The van der Waals surface area contributed by atoms with E-state index in [1.165, 1.54) is 11.1 Å². The fourth-order valence-electron chi connectivity index (χ4n) is 0.702. The highest BCUT2D eigenvalue weighted by atomic mass is 14.5. The van der Waals surface area contributed by atoms with Gasteiger partial charge < -0.3 is 5.73 Å². The number of hydrogen-bond donors (Lipinski definition) is 1. The highest BCUT2D eigenvalue weighted by molar-refractivity contribution is 5.09. The average molecular weight is 113 g/mol. The van der Waals surface area contributed by atoms with Crippen LogP contribution in [0.3, 0.4) is 0 Å². The van der Waals surface area contributed by atoms with Gasteiger partial charge in [0.15, 0.2) is 0 Å². The third-order valence-corrected chi connectivity index (χ3v) is 1.38. The molecule has 8 heavy (non-hydrogen) atoms. The maximum absolute atomic E-state index is 5.43. The van der Waals surface area contributed by atoms with Gasteiger partial charge in [0, 0.05) is 6.54 Å². The van der Waals surface area contributed by atoms with E-state index in [-0.39, 0.29) is 0 Å². The van der Waals surface area contributed by atoms with Gasteiger partial charge in [-0.2, -0.15) is 0 Å². The molecule has 0 saturated carbocycles. The van der Waals surface area contributed by atoms with E-state index < -0.39 is 0 Å². The molecular weight excluding hydrogens is 98.1 g/mol. The van der Waals surface area contributed by atoms with Crippen LogP contribution in [-0.4, -0.2) is 6.54 Å². The van der Waals surface area contributed by atoms with Crippen LogP contribution in [0.1, 0.15) is 27.2 Å². The molecular formula is C7H15N. The zero-order valence-corrected chi connectivity index (χ0v) is 5.99. The number of rotatable bonds is 2. The summed E-state index contributed by atoms with van der Waals surface area (Å²) in [7, 11) is 0. The Balaban J connectivity index is 3.86. The molecule has 1 nitrogen and oxygen atoms in total. The van der Waals surface area contributed by atoms with Crippen LogP contribution in [-0.2, 0) is 0 Å². The second-order valence-corrected chi connectivity index (χ2v) is 2.16. The van der Waals surface area contributed by atoms with E-state index in [9.17, 15) is 0 Å². The highest BCUT2D eigenvalue weighted by Gasteiger charge is 1.89. The fourth-order valence-corrected chi connectivity index (χ4v) is 0.702. The van der Waals surface area contributed by atoms with Gasteiger partial charge in [-0.15, -0.1) is 0 Å². The summed E-state index contributed by atoms with van der Waals surface area (Å²) in [6.45, 7) is 7.06. The lowest BCUT2D eigenvalue weighted by molar-refractivity contribution is 0.973. The molecule has 0 saturated heterocycles. The Bertz CT molecular complexity index is 82.6. The molecule has 0 atom stereocenters. The van der Waals surface area contributed by atoms with Gasteiger partial charge in [-0.05, 0) is 20.3 Å². The minimum atomic E-state index is 0.721. The van der Waals surface area contributed by atoms with Crippen LogP contribution in [0.5, 0.6) is 0 Å². The van der Waals surface area contributed by atoms with Crippen LogP contribution in [0.25, 0.3) is 0 Å². The van der Waals surface area contributed by atoms with Crippen molar-refractivity contribution in [3.05, 3.63) is 11.1 Å². The van der Waals surface area contributed by atoms with Gasteiger partial charge in [-0.3, -0.25) is 0 Å². The van der Waals surface area contributed by atoms with E-state index in [0.717, 1.165) is 13.0 Å². The summed E-state index contributed by atoms with van der Waals surface area (Å²) in [5, 5.41) is 0. The Labute approximate surface area is 51.6 Å². The molecule has 0 spiro atoms. The van der Waals surface area contributed by atoms with Crippen LogP contribution < -0.4 is 5.73 Å². The summed E-state index contributed by atoms with van der Waals surface area (Å²) >= 11 is 0. The molecule has 0 aromatic heterocycles. The van der Waals surface area contributed by atoms with Gasteiger partial charge in [0.25, 0.3) is 0 Å². The lowest BCUT2D eigenvalue weighted by Gasteiger charge is -2.00. The average Bonchev–Trinajstić information content (AvgIpc) is 1.69. The second-order valence-electron chi connectivity index (χ2n) is 2.16. The van der Waals surface area contributed by atoms with Crippen molar-refractivity contribution in [3.8, 4) is 0 Å². The van der Waals surface area contributed by atoms with Crippen LogP contribution in [0, 0.1) is 0 Å². The van der Waals surface area contributed by atoms with Crippen LogP contribution in [0.2, 0.25) is 0 Å². The van der Waals surface area contributed by atoms with Crippen molar-refractivity contribution in [1.82, 2.24) is 0 Å². The van der Waals surface area contributed by atoms with Crippen LogP contribution >= 0.6 is 0 Å². The molecule has 2 N–H and O–H groups in total. The Kier molecular flexibility index (Phi) is 3.53. The molecule has 0 aromatic rings. The zero-order chi connectivity index (χ0) is 6.57. The molecule has 0 aliphatic heterocycles. The fraction of sp³-hybridized carbons (Fsp3) is 0.714. The smallest absolute Gasteiger partial charge is 0.0139 e. The third-order valence-electron chi connectivity index (χ3n) is 1.38. The van der Waals surface area contributed by atoms with Crippen molar-refractivity contribution in [3.63, 3.8) is 0 Å². The molecule has 0 unspecified atom stereocenters. The first-order valence-corrected chi connectivity index (χ1v) is 3.07. The van der Waals surface area contributed by atoms with E-state index in [0.29, 0.717) is 0 Å². The lowest BCUT2D eigenvalue weighted by atomic mass is 10.1. The Morgan fingerprint density at radius 3 is 1.88 bits per heavy atom. The first kappa shape index (κ1) is 7.70. The first-order valence-electron chi connectivity index (χ1n) is 3.07. The highest BCUT2D eigenvalue weighted by Crippen LogP contribution is 2.03. The van der Waals surface area contributed by atoms with E-state index in [1.54, 1.807) is 0 Å². The molecule has 0 heterocycles. The lowest BCUT2D eigenvalue weighted by Crippen LogP contribution is -2.03. The number of allylic oxidation sites excluding steroid dienone is 1. The SMILES string of the molecule is CCC(CN)=C(C)C. The van der Waals surface area contributed by atoms with Crippen molar-refractivity contribution in [2.24, 2.45) is 5.73 Å². The molecule has 1 heteroatoms. The standard InChI is InChI=1S/C7H15N/c1-4-7(5-8)6(2)3/h4-5,8H2,1-3H3. The molecule has 0 rings (SSSR count). The zero-order valence-electron chi connectivity index (χ0n) is 5.99. The summed E-state index contributed by atoms with van der Waals surface area (Å²) < 4.78 is 0. The predicted octanol–water partition coefficient (Wildman–Crippen LogP) is 1.69. The molecule has 0 fully saturated rings. The quantitative estimate of drug-likeness (QED) is 0.542. The second kappa shape index (κ2) is 3.67. The minimum Gasteiger partial charge on any atom is -0.327 e. The summed E-state index contributed by atoms with van der Waals surface area (Å²) in [5.74, 6) is 0. The molecule has 0 amide bonds. The summed E-state index contributed by atoms with van der Waals surface area (Å²) in [6.07, 6.45) is 1.10. The molecule has 0 bridgehead atoms. The van der Waals surface area contributed by atoms with Crippen molar-refractivity contribution in [2.45, 2.75) is 27.2 Å². The Morgan fingerprint density at radius 1 is 1.38 bits per heavy atom. The van der Waals surface area contributed by atoms with Crippen molar-refractivity contribution in [1.29, 1.82) is 0 Å². The third kappa shape index (κ3) is 2.12.